The third kappa shape index (κ3) is 8.29. The van der Waals surface area contributed by atoms with Crippen molar-refractivity contribution in [1.29, 1.82) is 0 Å². The maximum absolute atomic E-state index is 6.57. The molecule has 0 bridgehead atoms. The minimum Gasteiger partial charge on any atom is -0.493 e. The number of hydrogen-bond acceptors (Lipinski definition) is 2. The van der Waals surface area contributed by atoms with E-state index < -0.39 is 0 Å². The van der Waals surface area contributed by atoms with E-state index in [1.54, 1.807) is 0 Å². The largest absolute Gasteiger partial charge is 0.493 e. The van der Waals surface area contributed by atoms with E-state index in [2.05, 4.69) is 138 Å². The lowest BCUT2D eigenvalue weighted by Crippen LogP contribution is -2.03. The zero-order valence-electron chi connectivity index (χ0n) is 28.5. The van der Waals surface area contributed by atoms with Crippen LogP contribution in [0.2, 0.25) is 0 Å². The number of hydrogen-bond donors (Lipinski definition) is 0. The highest BCUT2D eigenvalue weighted by Gasteiger charge is 2.17. The molecule has 0 amide bonds. The Labute approximate surface area is 277 Å². The Kier molecular flexibility index (Phi) is 11.7. The molecule has 0 fully saturated rings. The number of aryl methyl sites for hydroxylation is 3. The van der Waals surface area contributed by atoms with Gasteiger partial charge in [-0.25, -0.2) is 0 Å². The van der Waals surface area contributed by atoms with Gasteiger partial charge < -0.3 is 9.47 Å². The Balaban J connectivity index is 1.54. The molecule has 0 unspecified atom stereocenters. The Morgan fingerprint density at radius 1 is 0.413 bits per heavy atom. The summed E-state index contributed by atoms with van der Waals surface area (Å²) in [6.07, 6.45) is 7.74. The van der Waals surface area contributed by atoms with Crippen LogP contribution in [0.5, 0.6) is 11.5 Å². The minimum atomic E-state index is 0.699. The molecule has 0 radical (unpaired) electrons. The van der Waals surface area contributed by atoms with Crippen LogP contribution in [-0.2, 0) is 6.42 Å². The van der Waals surface area contributed by atoms with Gasteiger partial charge in [-0.2, -0.15) is 0 Å². The molecular weight excluding hydrogens is 560 g/mol. The quantitative estimate of drug-likeness (QED) is 0.110. The lowest BCUT2D eigenvalue weighted by molar-refractivity contribution is 0.300. The molecule has 0 aliphatic rings. The maximum Gasteiger partial charge on any atom is 0.128 e. The first-order chi connectivity index (χ1) is 22.5. The molecule has 46 heavy (non-hydrogen) atoms. The molecule has 0 atom stereocenters. The Bertz CT molecular complexity index is 1680. The molecule has 0 aliphatic heterocycles. The fraction of sp³-hybridized carbons (Fsp3) is 0.318. The van der Waals surface area contributed by atoms with Crippen LogP contribution in [0.15, 0.2) is 103 Å². The second-order valence-corrected chi connectivity index (χ2v) is 12.5. The number of rotatable bonds is 15. The lowest BCUT2D eigenvalue weighted by atomic mass is 9.93. The highest BCUT2D eigenvalue weighted by molar-refractivity contribution is 5.83. The van der Waals surface area contributed by atoms with Gasteiger partial charge in [-0.05, 0) is 84.2 Å². The fourth-order valence-corrected chi connectivity index (χ4v) is 6.03. The molecular formula is C44H50O2. The molecule has 5 rings (SSSR count). The average Bonchev–Trinajstić information content (AvgIpc) is 3.09. The van der Waals surface area contributed by atoms with Crippen LogP contribution in [0.4, 0.5) is 0 Å². The van der Waals surface area contributed by atoms with Crippen molar-refractivity contribution in [2.24, 2.45) is 0 Å². The zero-order valence-corrected chi connectivity index (χ0v) is 28.5. The maximum atomic E-state index is 6.57. The Morgan fingerprint density at radius 2 is 0.826 bits per heavy atom. The standard InChI is InChI=1S/C44H50O2/c1-6-9-11-27-45-43-31-42(39-24-22-37(23-25-39)40-26-15-33(5)29-34(40)8-3)44(46-28-12-10-7-2)30-41(43)38-20-18-36(19-21-38)35-16-13-32(4)14-17-35/h13-26,29-31H,6-12,27-28H2,1-5H3. The summed E-state index contributed by atoms with van der Waals surface area (Å²) in [7, 11) is 0. The summed E-state index contributed by atoms with van der Waals surface area (Å²) < 4.78 is 13.1. The first-order valence-corrected chi connectivity index (χ1v) is 17.3. The third-order valence-corrected chi connectivity index (χ3v) is 8.82. The van der Waals surface area contributed by atoms with Crippen LogP contribution in [-0.4, -0.2) is 13.2 Å². The number of benzene rings is 5. The molecule has 2 nitrogen and oxygen atoms in total. The van der Waals surface area contributed by atoms with Crippen molar-refractivity contribution < 1.29 is 9.47 Å². The van der Waals surface area contributed by atoms with Gasteiger partial charge in [-0.1, -0.05) is 149 Å². The second kappa shape index (κ2) is 16.3. The van der Waals surface area contributed by atoms with Gasteiger partial charge in [-0.3, -0.25) is 0 Å². The predicted molar refractivity (Wildman–Crippen MR) is 197 cm³/mol. The summed E-state index contributed by atoms with van der Waals surface area (Å²) in [5, 5.41) is 0. The molecule has 5 aromatic carbocycles. The van der Waals surface area contributed by atoms with Gasteiger partial charge in [0.1, 0.15) is 11.5 Å². The van der Waals surface area contributed by atoms with Crippen molar-refractivity contribution in [2.45, 2.75) is 79.6 Å². The first kappa shape index (κ1) is 33.1. The van der Waals surface area contributed by atoms with Gasteiger partial charge in [0.15, 0.2) is 0 Å². The smallest absolute Gasteiger partial charge is 0.128 e. The highest BCUT2D eigenvalue weighted by Crippen LogP contribution is 2.42. The van der Waals surface area contributed by atoms with Crippen LogP contribution in [0, 0.1) is 13.8 Å². The van der Waals surface area contributed by atoms with Crippen LogP contribution in [0.3, 0.4) is 0 Å². The summed E-state index contributed by atoms with van der Waals surface area (Å²) in [6, 6.07) is 37.7. The van der Waals surface area contributed by atoms with Gasteiger partial charge in [0.05, 0.1) is 13.2 Å². The van der Waals surface area contributed by atoms with Crippen molar-refractivity contribution in [1.82, 2.24) is 0 Å². The van der Waals surface area contributed by atoms with Gasteiger partial charge in [0.25, 0.3) is 0 Å². The summed E-state index contributed by atoms with van der Waals surface area (Å²) in [5.41, 5.74) is 13.4. The van der Waals surface area contributed by atoms with Gasteiger partial charge >= 0.3 is 0 Å². The van der Waals surface area contributed by atoms with Crippen molar-refractivity contribution in [3.8, 4) is 56.0 Å². The van der Waals surface area contributed by atoms with Gasteiger partial charge in [-0.15, -0.1) is 0 Å². The third-order valence-electron chi connectivity index (χ3n) is 8.82. The first-order valence-electron chi connectivity index (χ1n) is 17.3. The van der Waals surface area contributed by atoms with Crippen LogP contribution >= 0.6 is 0 Å². The van der Waals surface area contributed by atoms with Crippen LogP contribution in [0.1, 0.15) is 76.0 Å². The van der Waals surface area contributed by atoms with E-state index in [-0.39, 0.29) is 0 Å². The van der Waals surface area contributed by atoms with Crippen LogP contribution in [0.25, 0.3) is 44.5 Å². The summed E-state index contributed by atoms with van der Waals surface area (Å²) in [4.78, 5) is 0. The molecule has 238 valence electrons. The number of unbranched alkanes of at least 4 members (excludes halogenated alkanes) is 4. The normalized spacial score (nSPS) is 11.1. The van der Waals surface area contributed by atoms with E-state index >= 15 is 0 Å². The van der Waals surface area contributed by atoms with Crippen molar-refractivity contribution in [3.05, 3.63) is 120 Å². The zero-order chi connectivity index (χ0) is 32.3. The molecule has 2 heteroatoms. The lowest BCUT2D eigenvalue weighted by Gasteiger charge is -2.19. The summed E-state index contributed by atoms with van der Waals surface area (Å²) in [5.74, 6) is 1.82. The molecule has 0 spiro atoms. The monoisotopic (exact) mass is 610 g/mol. The molecule has 0 aromatic heterocycles. The van der Waals surface area contributed by atoms with E-state index in [1.807, 2.05) is 0 Å². The van der Waals surface area contributed by atoms with Gasteiger partial charge in [0.2, 0.25) is 0 Å². The van der Waals surface area contributed by atoms with E-state index in [4.69, 9.17) is 9.47 Å². The van der Waals surface area contributed by atoms with E-state index in [0.717, 1.165) is 65.9 Å². The van der Waals surface area contributed by atoms with Crippen molar-refractivity contribution in [2.75, 3.05) is 13.2 Å². The van der Waals surface area contributed by atoms with Gasteiger partial charge in [0, 0.05) is 11.1 Å². The SMILES string of the molecule is CCCCCOc1cc(-c2ccc(-c3ccc(C)cc3CC)cc2)c(OCCCCC)cc1-c1ccc(-c2ccc(C)cc2)cc1. The van der Waals surface area contributed by atoms with Crippen molar-refractivity contribution in [3.63, 3.8) is 0 Å². The number of ether oxygens (including phenoxy) is 2. The summed E-state index contributed by atoms with van der Waals surface area (Å²) >= 11 is 0. The van der Waals surface area contributed by atoms with E-state index in [0.29, 0.717) is 13.2 Å². The second-order valence-electron chi connectivity index (χ2n) is 12.5. The Hall–Kier alpha value is -4.30. The Morgan fingerprint density at radius 3 is 1.28 bits per heavy atom. The molecule has 0 saturated heterocycles. The summed E-state index contributed by atoms with van der Waals surface area (Å²) in [6.45, 7) is 12.4. The molecule has 0 heterocycles. The molecule has 5 aromatic rings. The van der Waals surface area contributed by atoms with E-state index in [1.165, 1.54) is 51.8 Å². The highest BCUT2D eigenvalue weighted by atomic mass is 16.5. The molecule has 0 saturated carbocycles. The fourth-order valence-electron chi connectivity index (χ4n) is 6.03. The average molecular weight is 611 g/mol. The minimum absolute atomic E-state index is 0.699. The van der Waals surface area contributed by atoms with E-state index in [9.17, 15) is 0 Å². The van der Waals surface area contributed by atoms with Crippen LogP contribution < -0.4 is 9.47 Å². The molecule has 0 aliphatic carbocycles. The predicted octanol–water partition coefficient (Wildman–Crippen LogP) is 12.7. The molecule has 0 N–H and O–H groups in total. The van der Waals surface area contributed by atoms with Crippen molar-refractivity contribution >= 4 is 0 Å². The topological polar surface area (TPSA) is 18.5 Å².